The van der Waals surface area contributed by atoms with Gasteiger partial charge in [0.05, 0.1) is 23.3 Å². The smallest absolute Gasteiger partial charge is 0.133 e. The zero-order valence-electron chi connectivity index (χ0n) is 14.4. The molecule has 0 unspecified atom stereocenters. The largest absolute Gasteiger partial charge is 0.496 e. The molecule has 0 aliphatic carbocycles. The highest BCUT2D eigenvalue weighted by molar-refractivity contribution is 9.10. The fourth-order valence-electron chi connectivity index (χ4n) is 2.91. The van der Waals surface area contributed by atoms with Gasteiger partial charge in [0.25, 0.3) is 0 Å². The number of nitrogens with zero attached hydrogens (tertiary/aromatic N) is 3. The van der Waals surface area contributed by atoms with Crippen LogP contribution in [0.3, 0.4) is 0 Å². The van der Waals surface area contributed by atoms with Crippen LogP contribution in [-0.4, -0.2) is 21.9 Å². The van der Waals surface area contributed by atoms with Crippen LogP contribution in [0.15, 0.2) is 65.4 Å². The average molecular weight is 409 g/mol. The monoisotopic (exact) mass is 408 g/mol. The summed E-state index contributed by atoms with van der Waals surface area (Å²) in [6.07, 6.45) is 3.69. The molecule has 0 radical (unpaired) electrons. The van der Waals surface area contributed by atoms with E-state index < -0.39 is 0 Å². The molecule has 0 spiro atoms. The number of ether oxygens (including phenoxy) is 1. The first kappa shape index (κ1) is 16.6. The predicted octanol–water partition coefficient (Wildman–Crippen LogP) is 5.15. The van der Waals surface area contributed by atoms with Crippen LogP contribution in [0.1, 0.15) is 0 Å². The van der Waals surface area contributed by atoms with Crippen LogP contribution in [0.25, 0.3) is 22.0 Å². The lowest BCUT2D eigenvalue weighted by Crippen LogP contribution is -1.94. The molecular formula is C20H17BrN4O. The summed E-state index contributed by atoms with van der Waals surface area (Å²) in [4.78, 5) is 4.42. The summed E-state index contributed by atoms with van der Waals surface area (Å²) >= 11 is 3.50. The molecule has 0 fully saturated rings. The van der Waals surface area contributed by atoms with Gasteiger partial charge < -0.3 is 10.1 Å². The predicted molar refractivity (Wildman–Crippen MR) is 108 cm³/mol. The lowest BCUT2D eigenvalue weighted by Gasteiger charge is -2.10. The van der Waals surface area contributed by atoms with Crippen LogP contribution in [0.4, 0.5) is 11.5 Å². The lowest BCUT2D eigenvalue weighted by atomic mass is 10.1. The third kappa shape index (κ3) is 3.15. The summed E-state index contributed by atoms with van der Waals surface area (Å²) in [7, 11) is 3.60. The molecule has 2 aromatic heterocycles. The van der Waals surface area contributed by atoms with Crippen molar-refractivity contribution in [1.82, 2.24) is 14.8 Å². The molecular weight excluding hydrogens is 392 g/mol. The Balaban J connectivity index is 1.64. The van der Waals surface area contributed by atoms with E-state index in [-0.39, 0.29) is 0 Å². The van der Waals surface area contributed by atoms with Gasteiger partial charge in [0.15, 0.2) is 0 Å². The highest BCUT2D eigenvalue weighted by Crippen LogP contribution is 2.30. The molecule has 0 atom stereocenters. The van der Waals surface area contributed by atoms with E-state index in [1.165, 1.54) is 0 Å². The van der Waals surface area contributed by atoms with Crippen LogP contribution in [0.2, 0.25) is 0 Å². The minimum absolute atomic E-state index is 0.783. The normalized spacial score (nSPS) is 10.9. The van der Waals surface area contributed by atoms with Gasteiger partial charge in [-0.1, -0.05) is 6.07 Å². The Morgan fingerprint density at radius 3 is 2.69 bits per heavy atom. The van der Waals surface area contributed by atoms with Gasteiger partial charge in [0.1, 0.15) is 11.6 Å². The molecule has 0 amide bonds. The minimum atomic E-state index is 0.783. The quantitative estimate of drug-likeness (QED) is 0.507. The number of nitrogens with one attached hydrogen (secondary N) is 1. The minimum Gasteiger partial charge on any atom is -0.496 e. The number of benzene rings is 2. The van der Waals surface area contributed by atoms with Crippen molar-refractivity contribution in [3.05, 3.63) is 65.4 Å². The topological polar surface area (TPSA) is 52.0 Å². The van der Waals surface area contributed by atoms with Gasteiger partial charge in [-0.15, -0.1) is 0 Å². The van der Waals surface area contributed by atoms with Gasteiger partial charge in [-0.3, -0.25) is 4.68 Å². The maximum Gasteiger partial charge on any atom is 0.133 e. The Kier molecular flexibility index (Phi) is 4.34. The van der Waals surface area contributed by atoms with Crippen LogP contribution in [0.5, 0.6) is 5.75 Å². The molecule has 0 aliphatic heterocycles. The maximum absolute atomic E-state index is 5.27. The second kappa shape index (κ2) is 6.80. The average Bonchev–Trinajstić information content (AvgIpc) is 3.03. The highest BCUT2D eigenvalue weighted by Gasteiger charge is 2.06. The van der Waals surface area contributed by atoms with Gasteiger partial charge in [-0.25, -0.2) is 4.98 Å². The van der Waals surface area contributed by atoms with Crippen LogP contribution in [-0.2, 0) is 7.05 Å². The molecule has 0 saturated heterocycles. The zero-order chi connectivity index (χ0) is 18.1. The van der Waals surface area contributed by atoms with Crippen molar-refractivity contribution in [3.63, 3.8) is 0 Å². The first-order valence-corrected chi connectivity index (χ1v) is 8.92. The third-order valence-electron chi connectivity index (χ3n) is 4.26. The van der Waals surface area contributed by atoms with E-state index in [1.54, 1.807) is 7.11 Å². The van der Waals surface area contributed by atoms with Crippen LogP contribution < -0.4 is 10.1 Å². The van der Waals surface area contributed by atoms with E-state index in [0.29, 0.717) is 0 Å². The summed E-state index contributed by atoms with van der Waals surface area (Å²) in [5.74, 6) is 1.58. The number of halogens is 1. The van der Waals surface area contributed by atoms with Crippen molar-refractivity contribution in [1.29, 1.82) is 0 Å². The van der Waals surface area contributed by atoms with Crippen molar-refractivity contribution < 1.29 is 4.74 Å². The molecule has 4 rings (SSSR count). The molecule has 0 saturated carbocycles. The molecule has 0 bridgehead atoms. The van der Waals surface area contributed by atoms with Gasteiger partial charge >= 0.3 is 0 Å². The number of anilines is 2. The summed E-state index contributed by atoms with van der Waals surface area (Å²) in [5, 5.41) is 8.76. The molecule has 2 heterocycles. The molecule has 5 nitrogen and oxygen atoms in total. The zero-order valence-corrected chi connectivity index (χ0v) is 16.0. The Morgan fingerprint density at radius 1 is 1.04 bits per heavy atom. The third-order valence-corrected chi connectivity index (χ3v) is 4.88. The van der Waals surface area contributed by atoms with E-state index in [9.17, 15) is 0 Å². The van der Waals surface area contributed by atoms with E-state index in [4.69, 9.17) is 4.74 Å². The van der Waals surface area contributed by atoms with Crippen molar-refractivity contribution in [2.45, 2.75) is 0 Å². The van der Waals surface area contributed by atoms with Crippen molar-refractivity contribution >= 4 is 38.3 Å². The number of methoxy groups -OCH3 is 1. The van der Waals surface area contributed by atoms with Crippen LogP contribution >= 0.6 is 15.9 Å². The molecule has 26 heavy (non-hydrogen) atoms. The fraction of sp³-hybridized carbons (Fsp3) is 0.100. The van der Waals surface area contributed by atoms with Crippen LogP contribution in [0, 0.1) is 0 Å². The molecule has 1 N–H and O–H groups in total. The summed E-state index contributed by atoms with van der Waals surface area (Å²) in [6.45, 7) is 0. The fourth-order valence-corrected chi connectivity index (χ4v) is 3.45. The summed E-state index contributed by atoms with van der Waals surface area (Å²) in [5.41, 5.74) is 4.28. The Labute approximate surface area is 159 Å². The Bertz CT molecular complexity index is 1090. The Morgan fingerprint density at radius 2 is 1.88 bits per heavy atom. The number of aromatic nitrogens is 3. The Hall–Kier alpha value is -2.86. The molecule has 2 aromatic carbocycles. The van der Waals surface area contributed by atoms with Gasteiger partial charge in [0.2, 0.25) is 0 Å². The maximum atomic E-state index is 5.27. The summed E-state index contributed by atoms with van der Waals surface area (Å²) in [6, 6.07) is 16.2. The van der Waals surface area contributed by atoms with Crippen molar-refractivity contribution in [3.8, 4) is 16.9 Å². The molecule has 4 aromatic rings. The number of aryl methyl sites for hydroxylation is 1. The highest BCUT2D eigenvalue weighted by atomic mass is 79.9. The van der Waals surface area contributed by atoms with Crippen molar-refractivity contribution in [2.24, 2.45) is 7.05 Å². The second-order valence-corrected chi connectivity index (χ2v) is 6.80. The van der Waals surface area contributed by atoms with E-state index in [2.05, 4.69) is 49.5 Å². The van der Waals surface area contributed by atoms with Gasteiger partial charge in [-0.05, 0) is 69.5 Å². The number of hydrogen-bond donors (Lipinski definition) is 1. The molecule has 0 aliphatic rings. The van der Waals surface area contributed by atoms with Gasteiger partial charge in [-0.2, -0.15) is 5.10 Å². The number of rotatable bonds is 4. The summed E-state index contributed by atoms with van der Waals surface area (Å²) < 4.78 is 8.03. The number of pyridine rings is 1. The lowest BCUT2D eigenvalue weighted by molar-refractivity contribution is 0.412. The van der Waals surface area contributed by atoms with E-state index in [1.807, 2.05) is 54.5 Å². The number of hydrogen-bond acceptors (Lipinski definition) is 4. The van der Waals surface area contributed by atoms with Gasteiger partial charge in [0, 0.05) is 24.3 Å². The first-order chi connectivity index (χ1) is 12.6. The molecule has 6 heteroatoms. The number of fused-ring (bicyclic) bond motifs is 1. The van der Waals surface area contributed by atoms with Crippen molar-refractivity contribution in [2.75, 3.05) is 12.4 Å². The second-order valence-electron chi connectivity index (χ2n) is 5.95. The van der Waals surface area contributed by atoms with E-state index >= 15 is 0 Å². The molecule has 130 valence electrons. The standard InChI is InChI=1S/C20H17BrN4O/c1-25-18-5-3-13(9-15(18)12-23-25)14-7-8-22-20(10-14)24-16-4-6-19(26-2)17(21)11-16/h3-12H,1-2H3,(H,22,24). The first-order valence-electron chi connectivity index (χ1n) is 8.13. The van der Waals surface area contributed by atoms with E-state index in [0.717, 1.165) is 43.8 Å². The SMILES string of the molecule is COc1ccc(Nc2cc(-c3ccc4c(cnn4C)c3)ccn2)cc1Br.